The second-order valence-electron chi connectivity index (χ2n) is 3.75. The van der Waals surface area contributed by atoms with Gasteiger partial charge in [-0.05, 0) is 46.9 Å². The lowest BCUT2D eigenvalue weighted by Crippen LogP contribution is -1.82. The number of hydrogen-bond donors (Lipinski definition) is 0. The van der Waals surface area contributed by atoms with Crippen molar-refractivity contribution in [2.24, 2.45) is 0 Å². The summed E-state index contributed by atoms with van der Waals surface area (Å²) < 4.78 is 16.2. The highest BCUT2D eigenvalue weighted by atomic mass is 127. The molecule has 0 aliphatic rings. The molecule has 0 bridgehead atoms. The maximum Gasteiger partial charge on any atom is 0.137 e. The first-order valence-corrected chi connectivity index (χ1v) is 6.20. The quantitative estimate of drug-likeness (QED) is 0.618. The lowest BCUT2D eigenvalue weighted by molar-refractivity contribution is 0.628. The van der Waals surface area contributed by atoms with Crippen molar-refractivity contribution < 1.29 is 4.39 Å². The first kappa shape index (κ1) is 10.7. The minimum absolute atomic E-state index is 0.242. The fourth-order valence-electron chi connectivity index (χ4n) is 1.75. The predicted molar refractivity (Wildman–Crippen MR) is 73.3 cm³/mol. The molecule has 4 heteroatoms. The van der Waals surface area contributed by atoms with Crippen LogP contribution in [-0.2, 0) is 0 Å². The Morgan fingerprint density at radius 2 is 2.00 bits per heavy atom. The third-order valence-corrected chi connectivity index (χ3v) is 3.17. The van der Waals surface area contributed by atoms with Gasteiger partial charge in [-0.25, -0.2) is 9.37 Å². The molecule has 0 spiro atoms. The summed E-state index contributed by atoms with van der Waals surface area (Å²) in [6, 6.07) is 10.4. The molecule has 0 atom stereocenters. The monoisotopic (exact) mass is 338 g/mol. The number of rotatable bonds is 1. The Balaban J connectivity index is 2.18. The van der Waals surface area contributed by atoms with Crippen molar-refractivity contribution in [2.75, 3.05) is 0 Å². The Morgan fingerprint density at radius 1 is 1.12 bits per heavy atom. The molecular formula is C13H8FIN2. The van der Waals surface area contributed by atoms with Gasteiger partial charge in [0.15, 0.2) is 0 Å². The van der Waals surface area contributed by atoms with E-state index in [2.05, 4.69) is 27.6 Å². The van der Waals surface area contributed by atoms with Crippen molar-refractivity contribution in [2.45, 2.75) is 0 Å². The van der Waals surface area contributed by atoms with E-state index in [1.54, 1.807) is 6.07 Å². The van der Waals surface area contributed by atoms with Gasteiger partial charge in [0.25, 0.3) is 0 Å². The van der Waals surface area contributed by atoms with Crippen molar-refractivity contribution in [3.05, 3.63) is 58.2 Å². The van der Waals surface area contributed by atoms with Crippen molar-refractivity contribution in [1.29, 1.82) is 0 Å². The van der Waals surface area contributed by atoms with Crippen molar-refractivity contribution in [3.8, 4) is 11.3 Å². The van der Waals surface area contributed by atoms with Gasteiger partial charge in [0, 0.05) is 21.5 Å². The molecule has 0 radical (unpaired) electrons. The number of hydrogen-bond acceptors (Lipinski definition) is 1. The first-order valence-electron chi connectivity index (χ1n) is 5.12. The Kier molecular flexibility index (Phi) is 2.58. The van der Waals surface area contributed by atoms with Gasteiger partial charge >= 0.3 is 0 Å². The van der Waals surface area contributed by atoms with E-state index in [0.29, 0.717) is 0 Å². The second-order valence-corrected chi connectivity index (χ2v) is 4.99. The maximum atomic E-state index is 13.1. The summed E-state index contributed by atoms with van der Waals surface area (Å²) in [5.74, 6) is -0.242. The molecule has 2 aromatic heterocycles. The molecule has 2 nitrogen and oxygen atoms in total. The molecule has 0 amide bonds. The lowest BCUT2D eigenvalue weighted by atomic mass is 10.2. The third kappa shape index (κ3) is 2.04. The summed E-state index contributed by atoms with van der Waals surface area (Å²) in [6.45, 7) is 0. The molecule has 0 saturated heterocycles. The van der Waals surface area contributed by atoms with Crippen molar-refractivity contribution in [1.82, 2.24) is 9.38 Å². The number of halogens is 2. The van der Waals surface area contributed by atoms with E-state index in [1.165, 1.54) is 12.1 Å². The van der Waals surface area contributed by atoms with Crippen molar-refractivity contribution in [3.63, 3.8) is 0 Å². The second kappa shape index (κ2) is 4.10. The van der Waals surface area contributed by atoms with Gasteiger partial charge in [-0.15, -0.1) is 0 Å². The van der Waals surface area contributed by atoms with Crippen LogP contribution < -0.4 is 0 Å². The van der Waals surface area contributed by atoms with E-state index in [0.717, 1.165) is 20.5 Å². The highest BCUT2D eigenvalue weighted by molar-refractivity contribution is 14.1. The molecule has 84 valence electrons. The largest absolute Gasteiger partial charge is 0.305 e. The van der Waals surface area contributed by atoms with Crippen LogP contribution in [0.15, 0.2) is 48.8 Å². The number of imidazole rings is 1. The molecule has 17 heavy (non-hydrogen) atoms. The van der Waals surface area contributed by atoms with E-state index >= 15 is 0 Å². The summed E-state index contributed by atoms with van der Waals surface area (Å²) in [4.78, 5) is 4.46. The molecule has 2 heterocycles. The summed E-state index contributed by atoms with van der Waals surface area (Å²) in [5.41, 5.74) is 2.44. The minimum atomic E-state index is -0.242. The number of benzene rings is 1. The average Bonchev–Trinajstić information content (AvgIpc) is 2.72. The van der Waals surface area contributed by atoms with E-state index in [1.807, 2.05) is 35.0 Å². The van der Waals surface area contributed by atoms with Gasteiger partial charge in [0.1, 0.15) is 11.5 Å². The lowest BCUT2D eigenvalue weighted by Gasteiger charge is -1.94. The van der Waals surface area contributed by atoms with E-state index in [9.17, 15) is 4.39 Å². The summed E-state index contributed by atoms with van der Waals surface area (Å²) >= 11 is 2.25. The molecule has 0 N–H and O–H groups in total. The first-order chi connectivity index (χ1) is 8.22. The molecule has 3 rings (SSSR count). The SMILES string of the molecule is Fc1cccc(-c2cn3cc(I)ccc3n2)c1. The molecule has 0 fully saturated rings. The van der Waals surface area contributed by atoms with Crippen LogP contribution in [0.25, 0.3) is 16.9 Å². The normalized spacial score (nSPS) is 10.9. The Morgan fingerprint density at radius 3 is 2.82 bits per heavy atom. The minimum Gasteiger partial charge on any atom is -0.305 e. The van der Waals surface area contributed by atoms with Crippen LogP contribution in [0.1, 0.15) is 0 Å². The Hall–Kier alpha value is -1.43. The van der Waals surface area contributed by atoms with Gasteiger partial charge in [0.05, 0.1) is 5.69 Å². The van der Waals surface area contributed by atoms with Gasteiger partial charge in [0.2, 0.25) is 0 Å². The molecule has 0 saturated carbocycles. The fraction of sp³-hybridized carbons (Fsp3) is 0. The molecule has 3 aromatic rings. The molecule has 1 aromatic carbocycles. The number of aromatic nitrogens is 2. The average molecular weight is 338 g/mol. The van der Waals surface area contributed by atoms with Gasteiger partial charge in [-0.1, -0.05) is 12.1 Å². The standard InChI is InChI=1S/C13H8FIN2/c14-10-3-1-2-9(6-10)12-8-17-7-11(15)4-5-13(17)16-12/h1-8H. The van der Waals surface area contributed by atoms with Crippen LogP contribution in [-0.4, -0.2) is 9.38 Å². The number of pyridine rings is 1. The fourth-order valence-corrected chi connectivity index (χ4v) is 2.23. The third-order valence-electron chi connectivity index (χ3n) is 2.54. The van der Waals surface area contributed by atoms with E-state index < -0.39 is 0 Å². The molecular weight excluding hydrogens is 330 g/mol. The van der Waals surface area contributed by atoms with Crippen LogP contribution in [0.5, 0.6) is 0 Å². The van der Waals surface area contributed by atoms with Gasteiger partial charge < -0.3 is 4.40 Å². The van der Waals surface area contributed by atoms with E-state index in [-0.39, 0.29) is 5.82 Å². The molecule has 0 aliphatic heterocycles. The molecule has 0 aliphatic carbocycles. The smallest absolute Gasteiger partial charge is 0.137 e. The zero-order valence-electron chi connectivity index (χ0n) is 8.77. The number of nitrogens with zero attached hydrogens (tertiary/aromatic N) is 2. The number of fused-ring (bicyclic) bond motifs is 1. The summed E-state index contributed by atoms with van der Waals surface area (Å²) in [5, 5.41) is 0. The van der Waals surface area contributed by atoms with Crippen LogP contribution in [0.2, 0.25) is 0 Å². The van der Waals surface area contributed by atoms with Crippen LogP contribution in [0.4, 0.5) is 4.39 Å². The highest BCUT2D eigenvalue weighted by Crippen LogP contribution is 2.20. The van der Waals surface area contributed by atoms with E-state index in [4.69, 9.17) is 0 Å². The highest BCUT2D eigenvalue weighted by Gasteiger charge is 2.05. The zero-order valence-corrected chi connectivity index (χ0v) is 10.9. The Bertz CT molecular complexity index is 691. The van der Waals surface area contributed by atoms with Crippen LogP contribution in [0.3, 0.4) is 0 Å². The summed E-state index contributed by atoms with van der Waals surface area (Å²) in [7, 11) is 0. The predicted octanol–water partition coefficient (Wildman–Crippen LogP) is 3.75. The summed E-state index contributed by atoms with van der Waals surface area (Å²) in [6.07, 6.45) is 3.90. The maximum absolute atomic E-state index is 13.1. The van der Waals surface area contributed by atoms with Crippen molar-refractivity contribution >= 4 is 28.2 Å². The van der Waals surface area contributed by atoms with Gasteiger partial charge in [-0.3, -0.25) is 0 Å². The van der Waals surface area contributed by atoms with Gasteiger partial charge in [-0.2, -0.15) is 0 Å². The zero-order chi connectivity index (χ0) is 11.8. The van der Waals surface area contributed by atoms with Crippen LogP contribution in [0, 0.1) is 9.39 Å². The topological polar surface area (TPSA) is 17.3 Å². The van der Waals surface area contributed by atoms with Crippen LogP contribution >= 0.6 is 22.6 Å². The molecule has 0 unspecified atom stereocenters. The Labute approximate surface area is 111 Å².